The number of rotatable bonds is 6. The summed E-state index contributed by atoms with van der Waals surface area (Å²) < 4.78 is 9.75. The van der Waals surface area contributed by atoms with Gasteiger partial charge in [0.05, 0.1) is 22.7 Å². The normalized spacial score (nSPS) is 9.91. The van der Waals surface area contributed by atoms with E-state index in [1.165, 1.54) is 19.2 Å². The molecule has 9 heteroatoms. The maximum atomic E-state index is 11.9. The fourth-order valence-corrected chi connectivity index (χ4v) is 2.17. The van der Waals surface area contributed by atoms with Gasteiger partial charge in [0.15, 0.2) is 12.4 Å². The van der Waals surface area contributed by atoms with E-state index in [1.54, 1.807) is 0 Å². The van der Waals surface area contributed by atoms with E-state index >= 15 is 0 Å². The quantitative estimate of drug-likeness (QED) is 0.757. The SMILES string of the molecule is CCCNC(=O)NC(=O)COC(=O)c1cc(Cl)c(OC)c(Cl)c1. The van der Waals surface area contributed by atoms with Gasteiger partial charge >= 0.3 is 12.0 Å². The van der Waals surface area contributed by atoms with E-state index < -0.39 is 24.5 Å². The molecule has 2 N–H and O–H groups in total. The van der Waals surface area contributed by atoms with Crippen LogP contribution in [-0.4, -0.2) is 38.2 Å². The standard InChI is InChI=1S/C14H16Cl2N2O5/c1-3-4-17-14(21)18-11(19)7-23-13(20)8-5-9(15)12(22-2)10(16)6-8/h5-6H,3-4,7H2,1-2H3,(H2,17,18,19,21). The van der Waals surface area contributed by atoms with Gasteiger partial charge in [-0.25, -0.2) is 9.59 Å². The summed E-state index contributed by atoms with van der Waals surface area (Å²) in [4.78, 5) is 34.6. The molecule has 1 rings (SSSR count). The van der Waals surface area contributed by atoms with Crippen LogP contribution in [-0.2, 0) is 9.53 Å². The van der Waals surface area contributed by atoms with Gasteiger partial charge in [-0.1, -0.05) is 30.1 Å². The van der Waals surface area contributed by atoms with Gasteiger partial charge < -0.3 is 14.8 Å². The predicted octanol–water partition coefficient (Wildman–Crippen LogP) is 2.39. The second-order valence-electron chi connectivity index (χ2n) is 4.35. The number of urea groups is 1. The fourth-order valence-electron chi connectivity index (χ4n) is 1.53. The van der Waals surface area contributed by atoms with Crippen LogP contribution >= 0.6 is 23.2 Å². The fraction of sp³-hybridized carbons (Fsp3) is 0.357. The first kappa shape index (κ1) is 19.1. The smallest absolute Gasteiger partial charge is 0.338 e. The summed E-state index contributed by atoms with van der Waals surface area (Å²) >= 11 is 11.8. The number of carbonyl (C=O) groups is 3. The third-order valence-electron chi connectivity index (χ3n) is 2.56. The summed E-state index contributed by atoms with van der Waals surface area (Å²) in [5, 5.41) is 4.74. The van der Waals surface area contributed by atoms with E-state index in [2.05, 4.69) is 5.32 Å². The molecule has 23 heavy (non-hydrogen) atoms. The lowest BCUT2D eigenvalue weighted by Gasteiger charge is -2.09. The molecule has 0 unspecified atom stereocenters. The zero-order chi connectivity index (χ0) is 17.4. The summed E-state index contributed by atoms with van der Waals surface area (Å²) in [5.74, 6) is -1.33. The molecule has 0 aliphatic heterocycles. The van der Waals surface area contributed by atoms with Crippen molar-refractivity contribution in [2.24, 2.45) is 0 Å². The molecule has 0 radical (unpaired) electrons. The van der Waals surface area contributed by atoms with Crippen LogP contribution < -0.4 is 15.4 Å². The Hall–Kier alpha value is -1.99. The molecule has 0 aliphatic carbocycles. The van der Waals surface area contributed by atoms with E-state index in [9.17, 15) is 14.4 Å². The third kappa shape index (κ3) is 5.96. The number of esters is 1. The lowest BCUT2D eigenvalue weighted by Crippen LogP contribution is -2.41. The van der Waals surface area contributed by atoms with Crippen molar-refractivity contribution in [2.75, 3.05) is 20.3 Å². The Balaban J connectivity index is 2.57. The van der Waals surface area contributed by atoms with Gasteiger partial charge in [0.25, 0.3) is 5.91 Å². The Morgan fingerprint density at radius 3 is 2.30 bits per heavy atom. The first-order chi connectivity index (χ1) is 10.9. The second-order valence-corrected chi connectivity index (χ2v) is 5.17. The van der Waals surface area contributed by atoms with Crippen molar-refractivity contribution in [1.82, 2.24) is 10.6 Å². The Morgan fingerprint density at radius 1 is 1.17 bits per heavy atom. The maximum absolute atomic E-state index is 11.9. The molecule has 0 saturated carbocycles. The first-order valence-electron chi connectivity index (χ1n) is 6.66. The molecule has 126 valence electrons. The van der Waals surface area contributed by atoms with Gasteiger partial charge in [0.2, 0.25) is 0 Å². The number of amides is 3. The zero-order valence-electron chi connectivity index (χ0n) is 12.6. The molecule has 3 amide bonds. The molecule has 0 saturated heterocycles. The third-order valence-corrected chi connectivity index (χ3v) is 3.12. The molecule has 1 aromatic rings. The van der Waals surface area contributed by atoms with Crippen LogP contribution in [0.3, 0.4) is 0 Å². The number of methoxy groups -OCH3 is 1. The monoisotopic (exact) mass is 362 g/mol. The first-order valence-corrected chi connectivity index (χ1v) is 7.42. The molecule has 0 aliphatic rings. The van der Waals surface area contributed by atoms with Gasteiger partial charge in [-0.3, -0.25) is 10.1 Å². The zero-order valence-corrected chi connectivity index (χ0v) is 14.1. The van der Waals surface area contributed by atoms with Crippen molar-refractivity contribution < 1.29 is 23.9 Å². The second kappa shape index (κ2) is 9.22. The van der Waals surface area contributed by atoms with Gasteiger partial charge in [0.1, 0.15) is 0 Å². The van der Waals surface area contributed by atoms with Crippen LogP contribution in [0.5, 0.6) is 5.75 Å². The largest absolute Gasteiger partial charge is 0.494 e. The van der Waals surface area contributed by atoms with E-state index in [1.807, 2.05) is 12.2 Å². The van der Waals surface area contributed by atoms with Crippen LogP contribution in [0.25, 0.3) is 0 Å². The average Bonchev–Trinajstić information content (AvgIpc) is 2.50. The maximum Gasteiger partial charge on any atom is 0.338 e. The topological polar surface area (TPSA) is 93.7 Å². The molecule has 0 spiro atoms. The van der Waals surface area contributed by atoms with Gasteiger partial charge in [-0.05, 0) is 18.6 Å². The highest BCUT2D eigenvalue weighted by Crippen LogP contribution is 2.33. The van der Waals surface area contributed by atoms with Gasteiger partial charge in [0, 0.05) is 6.54 Å². The lowest BCUT2D eigenvalue weighted by molar-refractivity contribution is -0.123. The number of imide groups is 1. The van der Waals surface area contributed by atoms with Crippen molar-refractivity contribution in [3.05, 3.63) is 27.7 Å². The molecule has 1 aromatic carbocycles. The highest BCUT2D eigenvalue weighted by Gasteiger charge is 2.16. The Bertz CT molecular complexity index is 584. The van der Waals surface area contributed by atoms with Crippen LogP contribution in [0.4, 0.5) is 4.79 Å². The molecule has 0 fully saturated rings. The number of nitrogens with one attached hydrogen (secondary N) is 2. The molecular weight excluding hydrogens is 347 g/mol. The number of halogens is 2. The van der Waals surface area contributed by atoms with Crippen molar-refractivity contribution in [2.45, 2.75) is 13.3 Å². The number of benzene rings is 1. The summed E-state index contributed by atoms with van der Waals surface area (Å²) in [7, 11) is 1.39. The molecule has 0 aromatic heterocycles. The molecular formula is C14H16Cl2N2O5. The number of hydrogen-bond donors (Lipinski definition) is 2. The minimum atomic E-state index is -0.805. The molecule has 0 bridgehead atoms. The van der Waals surface area contributed by atoms with E-state index in [4.69, 9.17) is 32.7 Å². The van der Waals surface area contributed by atoms with Crippen LogP contribution in [0.1, 0.15) is 23.7 Å². The van der Waals surface area contributed by atoms with Crippen molar-refractivity contribution in [1.29, 1.82) is 0 Å². The summed E-state index contributed by atoms with van der Waals surface area (Å²) in [6.07, 6.45) is 0.732. The lowest BCUT2D eigenvalue weighted by atomic mass is 10.2. The predicted molar refractivity (Wildman–Crippen MR) is 85.1 cm³/mol. The van der Waals surface area contributed by atoms with Gasteiger partial charge in [-0.15, -0.1) is 0 Å². The molecule has 7 nitrogen and oxygen atoms in total. The van der Waals surface area contributed by atoms with Gasteiger partial charge in [-0.2, -0.15) is 0 Å². The van der Waals surface area contributed by atoms with Crippen molar-refractivity contribution >= 4 is 41.1 Å². The number of carbonyl (C=O) groups excluding carboxylic acids is 3. The van der Waals surface area contributed by atoms with E-state index in [-0.39, 0.29) is 21.4 Å². The average molecular weight is 363 g/mol. The highest BCUT2D eigenvalue weighted by atomic mass is 35.5. The van der Waals surface area contributed by atoms with E-state index in [0.29, 0.717) is 6.54 Å². The Morgan fingerprint density at radius 2 is 1.78 bits per heavy atom. The highest BCUT2D eigenvalue weighted by molar-refractivity contribution is 6.37. The minimum absolute atomic E-state index is 0.0593. The molecule has 0 heterocycles. The summed E-state index contributed by atoms with van der Waals surface area (Å²) in [6, 6.07) is 1.96. The molecule has 0 atom stereocenters. The minimum Gasteiger partial charge on any atom is -0.494 e. The van der Waals surface area contributed by atoms with Crippen molar-refractivity contribution in [3.8, 4) is 5.75 Å². The number of hydrogen-bond acceptors (Lipinski definition) is 5. The van der Waals surface area contributed by atoms with Crippen LogP contribution in [0, 0.1) is 0 Å². The van der Waals surface area contributed by atoms with Crippen LogP contribution in [0.15, 0.2) is 12.1 Å². The Labute approximate surface area is 143 Å². The summed E-state index contributed by atoms with van der Waals surface area (Å²) in [5.41, 5.74) is 0.0593. The summed E-state index contributed by atoms with van der Waals surface area (Å²) in [6.45, 7) is 1.69. The number of ether oxygens (including phenoxy) is 2. The van der Waals surface area contributed by atoms with Crippen molar-refractivity contribution in [3.63, 3.8) is 0 Å². The Kier molecular flexibility index (Phi) is 7.64. The van der Waals surface area contributed by atoms with Crippen LogP contribution in [0.2, 0.25) is 10.0 Å². The van der Waals surface area contributed by atoms with E-state index in [0.717, 1.165) is 6.42 Å².